The van der Waals surface area contributed by atoms with Gasteiger partial charge in [0.15, 0.2) is 6.29 Å². The lowest BCUT2D eigenvalue weighted by atomic mass is 9.72. The number of fused-ring (bicyclic) bond motifs is 1. The predicted octanol–water partition coefficient (Wildman–Crippen LogP) is 3.28. The van der Waals surface area contributed by atoms with Gasteiger partial charge in [-0.3, -0.25) is 0 Å². The van der Waals surface area contributed by atoms with Crippen LogP contribution in [0.2, 0.25) is 0 Å². The summed E-state index contributed by atoms with van der Waals surface area (Å²) in [5.41, 5.74) is 0.939. The van der Waals surface area contributed by atoms with E-state index in [1.165, 1.54) is 0 Å². The molecule has 0 saturated carbocycles. The van der Waals surface area contributed by atoms with Gasteiger partial charge in [0, 0.05) is 19.1 Å². The van der Waals surface area contributed by atoms with Crippen molar-refractivity contribution >= 4 is 10.0 Å². The van der Waals surface area contributed by atoms with Crippen molar-refractivity contribution in [2.45, 2.75) is 63.4 Å². The molecule has 2 aliphatic heterocycles. The van der Waals surface area contributed by atoms with Gasteiger partial charge in [-0.25, -0.2) is 8.42 Å². The fourth-order valence-electron chi connectivity index (χ4n) is 4.00. The molecule has 2 saturated heterocycles. The standard InChI is InChI=1S/C18H27NO4S/c1-4-18-11-5-13-19(17(18)23-16(22-3)10-12-18)24(20,21)15-8-6-14(2)7-9-15/h6-9,16-17H,4-5,10-13H2,1-3H3/t16-,17-,18+/m0/s1. The van der Waals surface area contributed by atoms with E-state index in [4.69, 9.17) is 9.47 Å². The van der Waals surface area contributed by atoms with Gasteiger partial charge in [0.1, 0.15) is 6.23 Å². The van der Waals surface area contributed by atoms with Crippen LogP contribution < -0.4 is 0 Å². The van der Waals surface area contributed by atoms with Gasteiger partial charge < -0.3 is 9.47 Å². The van der Waals surface area contributed by atoms with Crippen LogP contribution in [0.4, 0.5) is 0 Å². The van der Waals surface area contributed by atoms with E-state index >= 15 is 0 Å². The third-order valence-corrected chi connectivity index (χ3v) is 7.45. The third kappa shape index (κ3) is 3.01. The first-order chi connectivity index (χ1) is 11.4. The Kier molecular flexibility index (Phi) is 5.02. The SMILES string of the molecule is CC[C@]12CCCN(S(=O)(=O)c3ccc(C)cc3)[C@H]1O[C@H](OC)CC2. The second-order valence-electron chi connectivity index (χ2n) is 6.94. The Balaban J connectivity index is 1.97. The summed E-state index contributed by atoms with van der Waals surface area (Å²) in [6, 6.07) is 7.04. The van der Waals surface area contributed by atoms with Gasteiger partial charge in [-0.2, -0.15) is 4.31 Å². The molecule has 3 rings (SSSR count). The van der Waals surface area contributed by atoms with Crippen LogP contribution in [0.1, 0.15) is 44.6 Å². The smallest absolute Gasteiger partial charge is 0.245 e. The first-order valence-electron chi connectivity index (χ1n) is 8.70. The normalized spacial score (nSPS) is 31.6. The number of nitrogens with zero attached hydrogens (tertiary/aromatic N) is 1. The summed E-state index contributed by atoms with van der Waals surface area (Å²) in [5.74, 6) is 0. The zero-order valence-corrected chi connectivity index (χ0v) is 15.5. The van der Waals surface area contributed by atoms with Crippen LogP contribution in [-0.2, 0) is 19.5 Å². The van der Waals surface area contributed by atoms with E-state index in [1.54, 1.807) is 23.5 Å². The summed E-state index contributed by atoms with van der Waals surface area (Å²) in [7, 11) is -1.96. The lowest BCUT2D eigenvalue weighted by molar-refractivity contribution is -0.262. The van der Waals surface area contributed by atoms with Crippen molar-refractivity contribution in [1.29, 1.82) is 0 Å². The van der Waals surface area contributed by atoms with E-state index < -0.39 is 16.3 Å². The van der Waals surface area contributed by atoms with Crippen molar-refractivity contribution in [3.63, 3.8) is 0 Å². The van der Waals surface area contributed by atoms with E-state index in [2.05, 4.69) is 6.92 Å². The first kappa shape index (κ1) is 17.9. The Bertz CT molecular complexity index is 673. The molecule has 134 valence electrons. The molecule has 0 spiro atoms. The molecule has 2 fully saturated rings. The van der Waals surface area contributed by atoms with Crippen molar-refractivity contribution in [2.24, 2.45) is 5.41 Å². The van der Waals surface area contributed by atoms with Crippen LogP contribution in [0.3, 0.4) is 0 Å². The number of hydrogen-bond acceptors (Lipinski definition) is 4. The van der Waals surface area contributed by atoms with Crippen molar-refractivity contribution < 1.29 is 17.9 Å². The zero-order chi connectivity index (χ0) is 17.4. The summed E-state index contributed by atoms with van der Waals surface area (Å²) in [6.45, 7) is 4.58. The van der Waals surface area contributed by atoms with Crippen molar-refractivity contribution in [3.8, 4) is 0 Å². The van der Waals surface area contributed by atoms with Gasteiger partial charge in [-0.05, 0) is 51.2 Å². The number of aryl methyl sites for hydroxylation is 1. The molecular formula is C18H27NO4S. The number of methoxy groups -OCH3 is 1. The average Bonchev–Trinajstić information content (AvgIpc) is 2.60. The molecule has 1 aromatic rings. The number of hydrogen-bond donors (Lipinski definition) is 0. The van der Waals surface area contributed by atoms with E-state index in [0.717, 1.165) is 37.7 Å². The van der Waals surface area contributed by atoms with E-state index in [9.17, 15) is 8.42 Å². The van der Waals surface area contributed by atoms with Crippen LogP contribution in [0.5, 0.6) is 0 Å². The van der Waals surface area contributed by atoms with Crippen molar-refractivity contribution in [3.05, 3.63) is 29.8 Å². The molecule has 24 heavy (non-hydrogen) atoms. The van der Waals surface area contributed by atoms with Gasteiger partial charge >= 0.3 is 0 Å². The molecule has 3 atom stereocenters. The molecule has 0 unspecified atom stereocenters. The van der Waals surface area contributed by atoms with Crippen LogP contribution in [0, 0.1) is 12.3 Å². The van der Waals surface area contributed by atoms with E-state index in [1.807, 2.05) is 19.1 Å². The maximum absolute atomic E-state index is 13.2. The van der Waals surface area contributed by atoms with E-state index in [0.29, 0.717) is 11.4 Å². The van der Waals surface area contributed by atoms with Crippen molar-refractivity contribution in [1.82, 2.24) is 4.31 Å². The first-order valence-corrected chi connectivity index (χ1v) is 10.1. The monoisotopic (exact) mass is 353 g/mol. The molecule has 0 aromatic heterocycles. The Morgan fingerprint density at radius 1 is 1.29 bits per heavy atom. The molecule has 0 N–H and O–H groups in total. The molecule has 0 bridgehead atoms. The van der Waals surface area contributed by atoms with Crippen LogP contribution in [0.15, 0.2) is 29.2 Å². The predicted molar refractivity (Wildman–Crippen MR) is 91.9 cm³/mol. The second-order valence-corrected chi connectivity index (χ2v) is 8.83. The number of ether oxygens (including phenoxy) is 2. The molecule has 5 nitrogen and oxygen atoms in total. The van der Waals surface area contributed by atoms with Crippen LogP contribution >= 0.6 is 0 Å². The van der Waals surface area contributed by atoms with Gasteiger partial charge in [-0.15, -0.1) is 0 Å². The van der Waals surface area contributed by atoms with Crippen molar-refractivity contribution in [2.75, 3.05) is 13.7 Å². The van der Waals surface area contributed by atoms with Crippen LogP contribution in [-0.4, -0.2) is 38.9 Å². The lowest BCUT2D eigenvalue weighted by Gasteiger charge is -2.52. The molecule has 0 aliphatic carbocycles. The van der Waals surface area contributed by atoms with Gasteiger partial charge in [0.2, 0.25) is 10.0 Å². The highest BCUT2D eigenvalue weighted by molar-refractivity contribution is 7.89. The minimum Gasteiger partial charge on any atom is -0.356 e. The maximum atomic E-state index is 13.2. The Morgan fingerprint density at radius 3 is 2.62 bits per heavy atom. The van der Waals surface area contributed by atoms with Gasteiger partial charge in [0.05, 0.1) is 4.90 Å². The second kappa shape index (κ2) is 6.75. The number of rotatable bonds is 4. The fraction of sp³-hybridized carbons (Fsp3) is 0.667. The van der Waals surface area contributed by atoms with Crippen LogP contribution in [0.25, 0.3) is 0 Å². The molecule has 2 heterocycles. The highest BCUT2D eigenvalue weighted by Crippen LogP contribution is 2.48. The molecule has 1 aromatic carbocycles. The number of sulfonamides is 1. The minimum atomic E-state index is -3.58. The van der Waals surface area contributed by atoms with Gasteiger partial charge in [0.25, 0.3) is 0 Å². The molecule has 2 aliphatic rings. The Morgan fingerprint density at radius 2 is 2.00 bits per heavy atom. The quantitative estimate of drug-likeness (QED) is 0.833. The topological polar surface area (TPSA) is 55.8 Å². The summed E-state index contributed by atoms with van der Waals surface area (Å²) in [6.07, 6.45) is 3.77. The lowest BCUT2D eigenvalue weighted by Crippen LogP contribution is -2.59. The highest BCUT2D eigenvalue weighted by Gasteiger charge is 2.51. The van der Waals surface area contributed by atoms with E-state index in [-0.39, 0.29) is 11.7 Å². The maximum Gasteiger partial charge on any atom is 0.245 e. The highest BCUT2D eigenvalue weighted by atomic mass is 32.2. The number of piperidine rings is 1. The van der Waals surface area contributed by atoms with Gasteiger partial charge in [-0.1, -0.05) is 24.6 Å². The third-order valence-electron chi connectivity index (χ3n) is 5.59. The summed E-state index contributed by atoms with van der Waals surface area (Å²) < 4.78 is 39.5. The molecule has 0 amide bonds. The minimum absolute atomic E-state index is 0.106. The largest absolute Gasteiger partial charge is 0.356 e. The molecular weight excluding hydrogens is 326 g/mol. The summed E-state index contributed by atoms with van der Waals surface area (Å²) in [4.78, 5) is 0.336. The fourth-order valence-corrected chi connectivity index (χ4v) is 5.65. The molecule has 0 radical (unpaired) electrons. The summed E-state index contributed by atoms with van der Waals surface area (Å²) >= 11 is 0. The molecule has 6 heteroatoms. The Hall–Kier alpha value is -0.950. The zero-order valence-electron chi connectivity index (χ0n) is 14.7. The average molecular weight is 353 g/mol. The Labute approximate surface area is 145 Å². The number of benzene rings is 1. The summed E-state index contributed by atoms with van der Waals surface area (Å²) in [5, 5.41) is 0.